The van der Waals surface area contributed by atoms with Crippen LogP contribution in [0.2, 0.25) is 5.02 Å². The van der Waals surface area contributed by atoms with Crippen LogP contribution < -0.4 is 20.5 Å². The first kappa shape index (κ1) is 25.2. The van der Waals surface area contributed by atoms with Gasteiger partial charge in [0.25, 0.3) is 5.91 Å². The molecule has 4 aromatic rings. The van der Waals surface area contributed by atoms with E-state index in [-0.39, 0.29) is 12.5 Å². The smallest absolute Gasteiger partial charge is 0.258 e. The highest BCUT2D eigenvalue weighted by Crippen LogP contribution is 2.37. The molecule has 5 rings (SSSR count). The molecule has 0 fully saturated rings. The number of carbonyl (C=O) groups is 2. The number of benzene rings is 4. The van der Waals surface area contributed by atoms with E-state index in [9.17, 15) is 9.59 Å². The van der Waals surface area contributed by atoms with Crippen molar-refractivity contribution in [3.63, 3.8) is 0 Å². The van der Waals surface area contributed by atoms with Gasteiger partial charge in [0.2, 0.25) is 5.91 Å². The van der Waals surface area contributed by atoms with Gasteiger partial charge < -0.3 is 25.4 Å². The predicted molar refractivity (Wildman–Crippen MR) is 146 cm³/mol. The van der Waals surface area contributed by atoms with Gasteiger partial charge in [-0.2, -0.15) is 0 Å². The molecule has 38 heavy (non-hydrogen) atoms. The largest absolute Gasteiger partial charge is 0.496 e. The maximum Gasteiger partial charge on any atom is 0.258 e. The maximum absolute atomic E-state index is 13.7. The Kier molecular flexibility index (Phi) is 7.20. The number of anilines is 1. The molecule has 4 aromatic carbocycles. The van der Waals surface area contributed by atoms with Gasteiger partial charge in [-0.1, -0.05) is 48.0 Å². The van der Waals surface area contributed by atoms with Gasteiger partial charge in [0.05, 0.1) is 12.7 Å². The minimum Gasteiger partial charge on any atom is -0.496 e. The normalized spacial score (nSPS) is 14.4. The molecule has 1 atom stereocenters. The lowest BCUT2D eigenvalue weighted by Crippen LogP contribution is -2.42. The standard InChI is InChI=1S/C30H26ClN3O4/c1-37-27-14-9-21(15-22(27)18-38-24-11-7-20(8-12-24)28(32)35)29-33-26-13-10-23(31)16-25(26)30(36)34(29)17-19-5-3-2-4-6-19/h2-16,29,33H,17-18H2,1H3,(H2,32,35). The number of hydrogen-bond donors (Lipinski definition) is 2. The van der Waals surface area contributed by atoms with Crippen molar-refractivity contribution < 1.29 is 19.1 Å². The van der Waals surface area contributed by atoms with Crippen LogP contribution in [-0.4, -0.2) is 23.8 Å². The minimum absolute atomic E-state index is 0.113. The van der Waals surface area contributed by atoms with E-state index in [1.165, 1.54) is 0 Å². The molecule has 2 amide bonds. The van der Waals surface area contributed by atoms with Gasteiger partial charge in [0.1, 0.15) is 24.3 Å². The van der Waals surface area contributed by atoms with Crippen LogP contribution in [0, 0.1) is 0 Å². The second-order valence-corrected chi connectivity index (χ2v) is 9.34. The fourth-order valence-corrected chi connectivity index (χ4v) is 4.65. The molecule has 0 aromatic heterocycles. The number of methoxy groups -OCH3 is 1. The van der Waals surface area contributed by atoms with Crippen LogP contribution in [-0.2, 0) is 13.2 Å². The summed E-state index contributed by atoms with van der Waals surface area (Å²) in [6, 6.07) is 27.5. The third kappa shape index (κ3) is 5.28. The second kappa shape index (κ2) is 10.9. The zero-order valence-corrected chi connectivity index (χ0v) is 21.4. The summed E-state index contributed by atoms with van der Waals surface area (Å²) in [5.41, 5.74) is 9.67. The number of nitrogens with zero attached hydrogens (tertiary/aromatic N) is 1. The molecule has 1 unspecified atom stereocenters. The molecule has 0 saturated carbocycles. The number of rotatable bonds is 8. The van der Waals surface area contributed by atoms with Gasteiger partial charge in [0, 0.05) is 28.4 Å². The Morgan fingerprint density at radius 2 is 1.76 bits per heavy atom. The number of ether oxygens (including phenoxy) is 2. The van der Waals surface area contributed by atoms with Crippen LogP contribution >= 0.6 is 11.6 Å². The van der Waals surface area contributed by atoms with Gasteiger partial charge in [0.15, 0.2) is 0 Å². The van der Waals surface area contributed by atoms with Crippen LogP contribution in [0.25, 0.3) is 0 Å². The van der Waals surface area contributed by atoms with Crippen molar-refractivity contribution in [3.8, 4) is 11.5 Å². The summed E-state index contributed by atoms with van der Waals surface area (Å²) in [7, 11) is 1.60. The summed E-state index contributed by atoms with van der Waals surface area (Å²) >= 11 is 6.22. The Hall–Kier alpha value is -4.49. The molecule has 0 spiro atoms. The molecule has 3 N–H and O–H groups in total. The van der Waals surface area contributed by atoms with E-state index in [1.807, 2.05) is 54.6 Å². The summed E-state index contributed by atoms with van der Waals surface area (Å²) in [6.45, 7) is 0.631. The maximum atomic E-state index is 13.7. The Morgan fingerprint density at radius 3 is 2.47 bits per heavy atom. The first-order valence-electron chi connectivity index (χ1n) is 12.0. The van der Waals surface area contributed by atoms with E-state index in [0.717, 1.165) is 22.4 Å². The first-order valence-corrected chi connectivity index (χ1v) is 12.4. The molecule has 0 bridgehead atoms. The summed E-state index contributed by atoms with van der Waals surface area (Å²) < 4.78 is 11.6. The van der Waals surface area contributed by atoms with Crippen molar-refractivity contribution >= 4 is 29.1 Å². The Bertz CT molecular complexity index is 1480. The van der Waals surface area contributed by atoms with Gasteiger partial charge in [-0.3, -0.25) is 9.59 Å². The van der Waals surface area contributed by atoms with Gasteiger partial charge >= 0.3 is 0 Å². The predicted octanol–water partition coefficient (Wildman–Crippen LogP) is 5.79. The van der Waals surface area contributed by atoms with Crippen molar-refractivity contribution in [2.45, 2.75) is 19.3 Å². The summed E-state index contributed by atoms with van der Waals surface area (Å²) in [5, 5.41) is 4.02. The molecular formula is C30H26ClN3O4. The van der Waals surface area contributed by atoms with E-state index in [1.54, 1.807) is 48.4 Å². The fraction of sp³-hybridized carbons (Fsp3) is 0.133. The Morgan fingerprint density at radius 1 is 1.00 bits per heavy atom. The van der Waals surface area contributed by atoms with Gasteiger partial charge in [-0.15, -0.1) is 0 Å². The van der Waals surface area contributed by atoms with Crippen molar-refractivity contribution in [1.29, 1.82) is 0 Å². The summed E-state index contributed by atoms with van der Waals surface area (Å²) in [4.78, 5) is 26.8. The number of hydrogen-bond acceptors (Lipinski definition) is 5. The van der Waals surface area contributed by atoms with Crippen LogP contribution in [0.15, 0.2) is 91.0 Å². The summed E-state index contributed by atoms with van der Waals surface area (Å²) in [6.07, 6.45) is -0.434. The number of carbonyl (C=O) groups excluding carboxylic acids is 2. The fourth-order valence-electron chi connectivity index (χ4n) is 4.48. The first-order chi connectivity index (χ1) is 18.4. The van der Waals surface area contributed by atoms with E-state index >= 15 is 0 Å². The SMILES string of the molecule is COc1ccc(C2Nc3ccc(Cl)cc3C(=O)N2Cc2ccccc2)cc1COc1ccc(C(N)=O)cc1. The van der Waals surface area contributed by atoms with Crippen molar-refractivity contribution in [2.75, 3.05) is 12.4 Å². The van der Waals surface area contributed by atoms with E-state index in [0.29, 0.717) is 34.2 Å². The monoisotopic (exact) mass is 527 g/mol. The van der Waals surface area contributed by atoms with Crippen LogP contribution in [0.1, 0.15) is 43.6 Å². The zero-order chi connectivity index (χ0) is 26.6. The third-order valence-corrected chi connectivity index (χ3v) is 6.66. The van der Waals surface area contributed by atoms with Crippen molar-refractivity contribution in [2.24, 2.45) is 5.73 Å². The number of primary amides is 1. The number of nitrogens with two attached hydrogens (primary N) is 1. The lowest BCUT2D eigenvalue weighted by Gasteiger charge is -2.38. The van der Waals surface area contributed by atoms with Gasteiger partial charge in [-0.05, 0) is 65.7 Å². The highest BCUT2D eigenvalue weighted by molar-refractivity contribution is 6.31. The molecule has 0 aliphatic carbocycles. The number of amides is 2. The van der Waals surface area contributed by atoms with E-state index in [4.69, 9.17) is 26.8 Å². The molecule has 192 valence electrons. The van der Waals surface area contributed by atoms with Gasteiger partial charge in [-0.25, -0.2) is 0 Å². The number of nitrogens with one attached hydrogen (secondary N) is 1. The van der Waals surface area contributed by atoms with E-state index in [2.05, 4.69) is 5.32 Å². The molecule has 1 aliphatic heterocycles. The molecular weight excluding hydrogens is 502 g/mol. The molecule has 7 nitrogen and oxygen atoms in total. The second-order valence-electron chi connectivity index (χ2n) is 8.90. The average Bonchev–Trinajstić information content (AvgIpc) is 2.94. The molecule has 1 aliphatic rings. The van der Waals surface area contributed by atoms with Crippen LogP contribution in [0.3, 0.4) is 0 Å². The molecule has 8 heteroatoms. The Labute approximate surface area is 225 Å². The summed E-state index contributed by atoms with van der Waals surface area (Å²) in [5.74, 6) is 0.638. The Balaban J connectivity index is 1.47. The van der Waals surface area contributed by atoms with Crippen molar-refractivity contribution in [3.05, 3.63) is 124 Å². The van der Waals surface area contributed by atoms with Crippen molar-refractivity contribution in [1.82, 2.24) is 4.90 Å². The lowest BCUT2D eigenvalue weighted by atomic mass is 10.0. The highest BCUT2D eigenvalue weighted by Gasteiger charge is 2.33. The zero-order valence-electron chi connectivity index (χ0n) is 20.7. The molecule has 1 heterocycles. The highest BCUT2D eigenvalue weighted by atomic mass is 35.5. The average molecular weight is 528 g/mol. The molecule has 0 saturated heterocycles. The third-order valence-electron chi connectivity index (χ3n) is 6.43. The van der Waals surface area contributed by atoms with E-state index < -0.39 is 12.1 Å². The van der Waals surface area contributed by atoms with Crippen LogP contribution in [0.5, 0.6) is 11.5 Å². The molecule has 0 radical (unpaired) electrons. The van der Waals surface area contributed by atoms with Crippen LogP contribution in [0.4, 0.5) is 5.69 Å². The topological polar surface area (TPSA) is 93.9 Å². The number of fused-ring (bicyclic) bond motifs is 1. The minimum atomic E-state index is -0.496. The lowest BCUT2D eigenvalue weighted by molar-refractivity contribution is 0.0666. The quantitative estimate of drug-likeness (QED) is 0.302. The number of halogens is 1.